The van der Waals surface area contributed by atoms with Crippen LogP contribution in [0.3, 0.4) is 0 Å². The summed E-state index contributed by atoms with van der Waals surface area (Å²) < 4.78 is 74.6. The molecule has 2 amide bonds. The third kappa shape index (κ3) is 3.49. The average molecular weight is 382 g/mol. The zero-order chi connectivity index (χ0) is 19.0. The lowest BCUT2D eigenvalue weighted by molar-refractivity contribution is -0.137. The third-order valence-corrected chi connectivity index (χ3v) is 4.67. The number of nitrogens with zero attached hydrogens (tertiary/aromatic N) is 1. The van der Waals surface area contributed by atoms with Gasteiger partial charge in [-0.3, -0.25) is 14.5 Å². The van der Waals surface area contributed by atoms with Gasteiger partial charge in [-0.1, -0.05) is 0 Å². The van der Waals surface area contributed by atoms with E-state index in [1.165, 1.54) is 0 Å². The number of alkyl halides is 3. The van der Waals surface area contributed by atoms with Gasteiger partial charge in [0.05, 0.1) is 18.8 Å². The molecule has 1 aromatic carbocycles. The van der Waals surface area contributed by atoms with Gasteiger partial charge in [-0.15, -0.1) is 0 Å². The molecule has 0 fully saturated rings. The maximum atomic E-state index is 13.2. The van der Waals surface area contributed by atoms with Crippen LogP contribution in [0.25, 0.3) is 0 Å². The van der Waals surface area contributed by atoms with Crippen molar-refractivity contribution in [1.29, 1.82) is 0 Å². The van der Waals surface area contributed by atoms with E-state index in [1.807, 2.05) is 0 Å². The molecule has 1 aliphatic heterocycles. The molecule has 0 aromatic heterocycles. The number of imide groups is 1. The van der Waals surface area contributed by atoms with E-state index in [4.69, 9.17) is 5.11 Å². The largest absolute Gasteiger partial charge is 0.501 e. The minimum Gasteiger partial charge on any atom is -0.395 e. The first-order valence-electron chi connectivity index (χ1n) is 6.55. The second-order valence-electron chi connectivity index (χ2n) is 4.79. The zero-order valence-electron chi connectivity index (χ0n) is 12.2. The number of amides is 2. The van der Waals surface area contributed by atoms with Crippen molar-refractivity contribution in [3.8, 4) is 0 Å². The van der Waals surface area contributed by atoms with Crippen LogP contribution in [0, 0.1) is 5.82 Å². The lowest BCUT2D eigenvalue weighted by Gasteiger charge is -2.16. The number of hydrogen-bond donors (Lipinski definition) is 2. The Bertz CT molecular complexity index is 864. The van der Waals surface area contributed by atoms with Gasteiger partial charge in [-0.05, 0) is 18.2 Å². The van der Waals surface area contributed by atoms with E-state index in [1.54, 1.807) is 0 Å². The number of benzene rings is 1. The van der Waals surface area contributed by atoms with Gasteiger partial charge in [0.1, 0.15) is 16.4 Å². The smallest absolute Gasteiger partial charge is 0.395 e. The molecule has 1 aliphatic rings. The maximum Gasteiger partial charge on any atom is 0.501 e. The van der Waals surface area contributed by atoms with Crippen molar-refractivity contribution in [2.45, 2.75) is 10.4 Å². The van der Waals surface area contributed by atoms with Gasteiger partial charge in [0.15, 0.2) is 0 Å². The fourth-order valence-corrected chi connectivity index (χ4v) is 2.93. The highest BCUT2D eigenvalue weighted by Crippen LogP contribution is 2.35. The van der Waals surface area contributed by atoms with Crippen LogP contribution in [-0.2, 0) is 19.4 Å². The normalized spacial score (nSPS) is 15.6. The Labute approximate surface area is 138 Å². The first kappa shape index (κ1) is 18.9. The molecule has 0 spiro atoms. The molecule has 0 atom stereocenters. The molecule has 0 bridgehead atoms. The number of aliphatic hydroxyl groups is 1. The number of nitrogens with one attached hydrogen (secondary N) is 1. The summed E-state index contributed by atoms with van der Waals surface area (Å²) in [5.74, 6) is -3.05. The van der Waals surface area contributed by atoms with Crippen molar-refractivity contribution in [3.05, 3.63) is 35.8 Å². The van der Waals surface area contributed by atoms with Gasteiger partial charge in [0, 0.05) is 6.08 Å². The number of aliphatic hydroxyl groups excluding tert-OH is 1. The average Bonchev–Trinajstić information content (AvgIpc) is 2.76. The Hall–Kier alpha value is -2.47. The van der Waals surface area contributed by atoms with Crippen molar-refractivity contribution in [3.63, 3.8) is 0 Å². The van der Waals surface area contributed by atoms with E-state index in [-0.39, 0.29) is 12.6 Å². The van der Waals surface area contributed by atoms with E-state index in [2.05, 4.69) is 5.32 Å². The van der Waals surface area contributed by atoms with Crippen molar-refractivity contribution < 1.29 is 40.7 Å². The lowest BCUT2D eigenvalue weighted by atomic mass is 10.3. The number of halogens is 4. The molecule has 12 heteroatoms. The fourth-order valence-electron chi connectivity index (χ4n) is 2.00. The van der Waals surface area contributed by atoms with Crippen molar-refractivity contribution in [2.24, 2.45) is 0 Å². The zero-order valence-corrected chi connectivity index (χ0v) is 13.0. The summed E-state index contributed by atoms with van der Waals surface area (Å²) in [6, 6.07) is 1.53. The molecule has 0 saturated carbocycles. The summed E-state index contributed by atoms with van der Waals surface area (Å²) in [4.78, 5) is 22.7. The Morgan fingerprint density at radius 1 is 1.20 bits per heavy atom. The molecule has 0 saturated heterocycles. The van der Waals surface area contributed by atoms with Gasteiger partial charge in [0.25, 0.3) is 21.7 Å². The van der Waals surface area contributed by atoms with Crippen LogP contribution >= 0.6 is 0 Å². The monoisotopic (exact) mass is 382 g/mol. The summed E-state index contributed by atoms with van der Waals surface area (Å²) >= 11 is 0. The van der Waals surface area contributed by atoms with Crippen LogP contribution in [-0.4, -0.2) is 48.9 Å². The van der Waals surface area contributed by atoms with Crippen LogP contribution in [0.1, 0.15) is 0 Å². The summed E-state index contributed by atoms with van der Waals surface area (Å²) in [5, 5.41) is 10.9. The predicted octanol–water partition coefficient (Wildman–Crippen LogP) is 0.776. The highest BCUT2D eigenvalue weighted by molar-refractivity contribution is 7.92. The maximum absolute atomic E-state index is 13.2. The Morgan fingerprint density at radius 2 is 1.84 bits per heavy atom. The number of sulfone groups is 1. The minimum absolute atomic E-state index is 0.151. The number of rotatable bonds is 5. The van der Waals surface area contributed by atoms with Crippen LogP contribution < -0.4 is 5.32 Å². The molecule has 0 radical (unpaired) electrons. The number of carbonyl (C=O) groups is 2. The molecule has 1 heterocycles. The van der Waals surface area contributed by atoms with Crippen LogP contribution in [0.15, 0.2) is 34.9 Å². The van der Waals surface area contributed by atoms with Gasteiger partial charge in [0.2, 0.25) is 0 Å². The summed E-state index contributed by atoms with van der Waals surface area (Å²) in [5.41, 5.74) is -6.93. The van der Waals surface area contributed by atoms with E-state index < -0.39 is 55.9 Å². The Balaban J connectivity index is 2.45. The third-order valence-electron chi connectivity index (χ3n) is 3.14. The molecule has 25 heavy (non-hydrogen) atoms. The van der Waals surface area contributed by atoms with Crippen molar-refractivity contribution in [1.82, 2.24) is 4.90 Å². The van der Waals surface area contributed by atoms with E-state index in [9.17, 15) is 35.6 Å². The van der Waals surface area contributed by atoms with Crippen molar-refractivity contribution in [2.75, 3.05) is 18.5 Å². The highest BCUT2D eigenvalue weighted by atomic mass is 32.2. The Kier molecular flexibility index (Phi) is 4.86. The van der Waals surface area contributed by atoms with Gasteiger partial charge < -0.3 is 10.4 Å². The molecular weight excluding hydrogens is 372 g/mol. The second-order valence-corrected chi connectivity index (χ2v) is 6.70. The second kappa shape index (κ2) is 6.44. The summed E-state index contributed by atoms with van der Waals surface area (Å²) in [6.07, 6.45) is 0.728. The van der Waals surface area contributed by atoms with E-state index in [0.717, 1.165) is 6.08 Å². The predicted molar refractivity (Wildman–Crippen MR) is 75.2 cm³/mol. The standard InChI is InChI=1S/C13H10F4N2O5S/c14-7-1-2-8(10(5-7)25(23,24)13(15,16)17)18-9-6-11(21)19(3-4-20)12(9)22/h1-2,5-6,18,20H,3-4H2. The number of carbonyl (C=O) groups excluding carboxylic acids is 2. The fraction of sp³-hybridized carbons (Fsp3) is 0.231. The lowest BCUT2D eigenvalue weighted by Crippen LogP contribution is -2.34. The molecule has 2 N–H and O–H groups in total. The molecule has 7 nitrogen and oxygen atoms in total. The molecular formula is C13H10F4N2O5S. The number of anilines is 1. The topological polar surface area (TPSA) is 104 Å². The summed E-state index contributed by atoms with van der Waals surface area (Å²) in [7, 11) is -5.91. The molecule has 136 valence electrons. The Morgan fingerprint density at radius 3 is 2.40 bits per heavy atom. The molecule has 1 aromatic rings. The SMILES string of the molecule is O=C1C=C(Nc2ccc(F)cc2S(=O)(=O)C(F)(F)F)C(=O)N1CCO. The minimum atomic E-state index is -5.91. The first-order chi connectivity index (χ1) is 11.5. The van der Waals surface area contributed by atoms with Crippen LogP contribution in [0.2, 0.25) is 0 Å². The van der Waals surface area contributed by atoms with Gasteiger partial charge in [-0.25, -0.2) is 12.8 Å². The van der Waals surface area contributed by atoms with E-state index in [0.29, 0.717) is 17.0 Å². The van der Waals surface area contributed by atoms with Crippen LogP contribution in [0.5, 0.6) is 0 Å². The number of hydrogen-bond acceptors (Lipinski definition) is 6. The molecule has 0 aliphatic carbocycles. The highest BCUT2D eigenvalue weighted by Gasteiger charge is 2.48. The van der Waals surface area contributed by atoms with Crippen molar-refractivity contribution >= 4 is 27.3 Å². The molecule has 2 rings (SSSR count). The van der Waals surface area contributed by atoms with E-state index >= 15 is 0 Å². The van der Waals surface area contributed by atoms with Crippen LogP contribution in [0.4, 0.5) is 23.2 Å². The quantitative estimate of drug-likeness (QED) is 0.576. The number of β-amino-alcohol motifs (C(OH)–C–C–N with tert-alkyl or cyclic N) is 1. The molecule has 0 unspecified atom stereocenters. The van der Waals surface area contributed by atoms with Gasteiger partial charge >= 0.3 is 5.51 Å². The summed E-state index contributed by atoms with van der Waals surface area (Å²) in [6.45, 7) is -0.890. The van der Waals surface area contributed by atoms with Gasteiger partial charge in [-0.2, -0.15) is 13.2 Å². The first-order valence-corrected chi connectivity index (χ1v) is 8.03.